The molecule has 0 aromatic carbocycles. The van der Waals surface area contributed by atoms with E-state index in [1.54, 1.807) is 18.9 Å². The molecule has 3 N–H and O–H groups in total. The van der Waals surface area contributed by atoms with Crippen molar-refractivity contribution in [1.82, 2.24) is 15.5 Å². The summed E-state index contributed by atoms with van der Waals surface area (Å²) >= 11 is 0. The Morgan fingerprint density at radius 1 is 1.41 bits per heavy atom. The molecule has 3 amide bonds. The van der Waals surface area contributed by atoms with E-state index < -0.39 is 6.03 Å². The molecule has 0 aliphatic carbocycles. The van der Waals surface area contributed by atoms with Gasteiger partial charge < -0.3 is 10.4 Å². The average Bonchev–Trinajstić information content (AvgIpc) is 2.27. The normalized spacial score (nSPS) is 12.3. The minimum atomic E-state index is -0.464. The van der Waals surface area contributed by atoms with Crippen LogP contribution in [0.2, 0.25) is 0 Å². The third-order valence-corrected chi connectivity index (χ3v) is 2.48. The Bertz CT molecular complexity index is 246. The standard InChI is InChI=1S/C11H23N3O3/c1-4-5-6-12-11(17)13-10(16)7-14(3)9(2)8-15/h9,15H,4-8H2,1-3H3,(H2,12,13,16,17). The third kappa shape index (κ3) is 7.70. The third-order valence-electron chi connectivity index (χ3n) is 2.48. The summed E-state index contributed by atoms with van der Waals surface area (Å²) in [7, 11) is 1.72. The Morgan fingerprint density at radius 3 is 2.59 bits per heavy atom. The molecule has 0 saturated heterocycles. The second-order valence-electron chi connectivity index (χ2n) is 4.10. The maximum Gasteiger partial charge on any atom is 0.321 e. The second-order valence-corrected chi connectivity index (χ2v) is 4.10. The number of likely N-dealkylation sites (N-methyl/N-ethyl adjacent to an activating group) is 1. The molecule has 17 heavy (non-hydrogen) atoms. The molecule has 0 spiro atoms. The zero-order chi connectivity index (χ0) is 13.3. The van der Waals surface area contributed by atoms with Gasteiger partial charge in [0, 0.05) is 12.6 Å². The predicted molar refractivity (Wildman–Crippen MR) is 65.6 cm³/mol. The van der Waals surface area contributed by atoms with E-state index in [4.69, 9.17) is 5.11 Å². The number of carbonyl (C=O) groups is 2. The molecule has 0 bridgehead atoms. The van der Waals surface area contributed by atoms with E-state index in [0.717, 1.165) is 12.8 Å². The van der Waals surface area contributed by atoms with Crippen molar-refractivity contribution in [2.45, 2.75) is 32.7 Å². The molecule has 100 valence electrons. The first-order valence-electron chi connectivity index (χ1n) is 5.90. The summed E-state index contributed by atoms with van der Waals surface area (Å²) < 4.78 is 0. The van der Waals surface area contributed by atoms with Gasteiger partial charge in [0.15, 0.2) is 0 Å². The first-order chi connectivity index (χ1) is 8.01. The van der Waals surface area contributed by atoms with Gasteiger partial charge in [-0.15, -0.1) is 0 Å². The summed E-state index contributed by atoms with van der Waals surface area (Å²) in [6, 6.07) is -0.572. The number of imide groups is 1. The van der Waals surface area contributed by atoms with E-state index in [-0.39, 0.29) is 25.1 Å². The van der Waals surface area contributed by atoms with Crippen LogP contribution in [0.15, 0.2) is 0 Å². The lowest BCUT2D eigenvalue weighted by Gasteiger charge is -2.21. The average molecular weight is 245 g/mol. The van der Waals surface area contributed by atoms with Gasteiger partial charge in [-0.25, -0.2) is 4.79 Å². The molecule has 0 radical (unpaired) electrons. The van der Waals surface area contributed by atoms with Crippen LogP contribution in [-0.4, -0.2) is 54.7 Å². The molecule has 0 rings (SSSR count). The van der Waals surface area contributed by atoms with Crippen LogP contribution >= 0.6 is 0 Å². The van der Waals surface area contributed by atoms with Crippen LogP contribution in [-0.2, 0) is 4.79 Å². The molecule has 1 atom stereocenters. The molecular formula is C11H23N3O3. The zero-order valence-electron chi connectivity index (χ0n) is 10.8. The van der Waals surface area contributed by atoms with Gasteiger partial charge in [-0.3, -0.25) is 15.0 Å². The maximum absolute atomic E-state index is 11.4. The zero-order valence-corrected chi connectivity index (χ0v) is 10.8. The molecule has 0 aromatic rings. The number of aliphatic hydroxyl groups is 1. The van der Waals surface area contributed by atoms with Crippen LogP contribution in [0.5, 0.6) is 0 Å². The minimum Gasteiger partial charge on any atom is -0.395 e. The number of hydrogen-bond donors (Lipinski definition) is 3. The fourth-order valence-corrected chi connectivity index (χ4v) is 1.11. The maximum atomic E-state index is 11.4. The number of nitrogens with one attached hydrogen (secondary N) is 2. The van der Waals surface area contributed by atoms with Crippen molar-refractivity contribution < 1.29 is 14.7 Å². The number of rotatable bonds is 7. The number of urea groups is 1. The molecule has 0 aliphatic heterocycles. The molecule has 6 heteroatoms. The van der Waals surface area contributed by atoms with Gasteiger partial charge in [0.1, 0.15) is 0 Å². The first kappa shape index (κ1) is 15.9. The van der Waals surface area contributed by atoms with Crippen molar-refractivity contribution in [2.75, 3.05) is 26.7 Å². The van der Waals surface area contributed by atoms with Crippen LogP contribution in [0, 0.1) is 0 Å². The van der Waals surface area contributed by atoms with E-state index in [1.807, 2.05) is 6.92 Å². The highest BCUT2D eigenvalue weighted by Gasteiger charge is 2.13. The SMILES string of the molecule is CCCCNC(=O)NC(=O)CN(C)C(C)CO. The lowest BCUT2D eigenvalue weighted by molar-refractivity contribution is -0.121. The summed E-state index contributed by atoms with van der Waals surface area (Å²) in [6.07, 6.45) is 1.88. The summed E-state index contributed by atoms with van der Waals surface area (Å²) in [5, 5.41) is 13.7. The fourth-order valence-electron chi connectivity index (χ4n) is 1.11. The van der Waals surface area contributed by atoms with Crippen molar-refractivity contribution in [1.29, 1.82) is 0 Å². The van der Waals surface area contributed by atoms with E-state index >= 15 is 0 Å². The van der Waals surface area contributed by atoms with Crippen molar-refractivity contribution in [3.8, 4) is 0 Å². The largest absolute Gasteiger partial charge is 0.395 e. The number of amides is 3. The van der Waals surface area contributed by atoms with Gasteiger partial charge in [-0.1, -0.05) is 13.3 Å². The summed E-state index contributed by atoms with van der Waals surface area (Å²) in [5.74, 6) is -0.373. The van der Waals surface area contributed by atoms with Crippen molar-refractivity contribution in [3.63, 3.8) is 0 Å². The van der Waals surface area contributed by atoms with Crippen molar-refractivity contribution in [2.24, 2.45) is 0 Å². The Labute approximate surface area is 102 Å². The second kappa shape index (κ2) is 8.95. The summed E-state index contributed by atoms with van der Waals surface area (Å²) in [6.45, 7) is 4.46. The molecule has 0 saturated carbocycles. The topological polar surface area (TPSA) is 81.7 Å². The van der Waals surface area contributed by atoms with Gasteiger partial charge >= 0.3 is 6.03 Å². The van der Waals surface area contributed by atoms with E-state index in [9.17, 15) is 9.59 Å². The number of nitrogens with zero attached hydrogens (tertiary/aromatic N) is 1. The lowest BCUT2D eigenvalue weighted by Crippen LogP contribution is -2.46. The van der Waals surface area contributed by atoms with Crippen LogP contribution in [0.4, 0.5) is 4.79 Å². The Morgan fingerprint density at radius 2 is 2.06 bits per heavy atom. The van der Waals surface area contributed by atoms with Crippen LogP contribution in [0.25, 0.3) is 0 Å². The van der Waals surface area contributed by atoms with Gasteiger partial charge in [-0.2, -0.15) is 0 Å². The van der Waals surface area contributed by atoms with E-state index in [1.165, 1.54) is 0 Å². The smallest absolute Gasteiger partial charge is 0.321 e. The number of hydrogen-bond acceptors (Lipinski definition) is 4. The Kier molecular flexibility index (Phi) is 8.35. The molecular weight excluding hydrogens is 222 g/mol. The van der Waals surface area contributed by atoms with Gasteiger partial charge in [0.25, 0.3) is 0 Å². The minimum absolute atomic E-state index is 0.0214. The first-order valence-corrected chi connectivity index (χ1v) is 5.90. The highest BCUT2D eigenvalue weighted by Crippen LogP contribution is 1.92. The lowest BCUT2D eigenvalue weighted by atomic mass is 10.3. The number of carbonyl (C=O) groups excluding carboxylic acids is 2. The van der Waals surface area contributed by atoms with Gasteiger partial charge in [0.2, 0.25) is 5.91 Å². The van der Waals surface area contributed by atoms with Gasteiger partial charge in [0.05, 0.1) is 13.2 Å². The highest BCUT2D eigenvalue weighted by atomic mass is 16.3. The van der Waals surface area contributed by atoms with Gasteiger partial charge in [-0.05, 0) is 20.4 Å². The van der Waals surface area contributed by atoms with Crippen LogP contribution < -0.4 is 10.6 Å². The highest BCUT2D eigenvalue weighted by molar-refractivity contribution is 5.95. The monoisotopic (exact) mass is 245 g/mol. The van der Waals surface area contributed by atoms with Crippen molar-refractivity contribution in [3.05, 3.63) is 0 Å². The van der Waals surface area contributed by atoms with Crippen molar-refractivity contribution >= 4 is 11.9 Å². The van der Waals surface area contributed by atoms with E-state index in [0.29, 0.717) is 6.54 Å². The molecule has 6 nitrogen and oxygen atoms in total. The fraction of sp³-hybridized carbons (Fsp3) is 0.818. The molecule has 0 aromatic heterocycles. The summed E-state index contributed by atoms with van der Waals surface area (Å²) in [4.78, 5) is 24.3. The number of unbranched alkanes of at least 4 members (excludes halogenated alkanes) is 1. The molecule has 0 aliphatic rings. The number of aliphatic hydroxyl groups excluding tert-OH is 1. The predicted octanol–water partition coefficient (Wildman–Crippen LogP) is -0.0751. The summed E-state index contributed by atoms with van der Waals surface area (Å²) in [5.41, 5.74) is 0. The van der Waals surface area contributed by atoms with Crippen LogP contribution in [0.3, 0.4) is 0 Å². The Hall–Kier alpha value is -1.14. The van der Waals surface area contributed by atoms with Crippen LogP contribution in [0.1, 0.15) is 26.7 Å². The van der Waals surface area contributed by atoms with E-state index in [2.05, 4.69) is 10.6 Å². The quantitative estimate of drug-likeness (QED) is 0.548. The molecule has 0 heterocycles. The Balaban J connectivity index is 3.81. The molecule has 1 unspecified atom stereocenters. The molecule has 0 fully saturated rings.